The molecule has 0 unspecified atom stereocenters. The normalized spacial score (nSPS) is 24.7. The van der Waals surface area contributed by atoms with Crippen molar-refractivity contribution >= 4 is 27.3 Å². The molecular weight excluding hydrogens is 328 g/mol. The predicted octanol–water partition coefficient (Wildman–Crippen LogP) is 4.31. The number of rotatable bonds is 4. The lowest BCUT2D eigenvalue weighted by molar-refractivity contribution is -0.133. The van der Waals surface area contributed by atoms with E-state index >= 15 is 0 Å². The van der Waals surface area contributed by atoms with Gasteiger partial charge in [0, 0.05) is 23.8 Å². The van der Waals surface area contributed by atoms with Gasteiger partial charge in [-0.05, 0) is 61.2 Å². The zero-order valence-electron chi connectivity index (χ0n) is 15.1. The minimum Gasteiger partial charge on any atom is -0.341 e. The van der Waals surface area contributed by atoms with Gasteiger partial charge in [0.1, 0.15) is 0 Å². The van der Waals surface area contributed by atoms with Crippen molar-refractivity contribution in [2.24, 2.45) is 0 Å². The zero-order chi connectivity index (χ0) is 17.2. The van der Waals surface area contributed by atoms with Crippen LogP contribution in [-0.2, 0) is 11.2 Å². The monoisotopic (exact) mass is 356 g/mol. The minimum atomic E-state index is 0.277. The highest BCUT2D eigenvalue weighted by molar-refractivity contribution is 7.17. The Bertz CT molecular complexity index is 734. The first-order valence-corrected chi connectivity index (χ1v) is 10.6. The Hall–Kier alpha value is -1.39. The number of fused-ring (bicyclic) bond motifs is 1. The molecule has 4 heteroatoms. The Morgan fingerprint density at radius 3 is 2.76 bits per heavy atom. The zero-order valence-corrected chi connectivity index (χ0v) is 15.9. The van der Waals surface area contributed by atoms with Gasteiger partial charge in [0.25, 0.3) is 0 Å². The van der Waals surface area contributed by atoms with Crippen molar-refractivity contribution in [3.8, 4) is 0 Å². The molecule has 1 aliphatic carbocycles. The first kappa shape index (κ1) is 17.0. The molecule has 1 saturated carbocycles. The number of likely N-dealkylation sites (N-methyl/N-ethyl adjacent to an activating group) is 1. The van der Waals surface area contributed by atoms with Crippen LogP contribution >= 0.6 is 11.3 Å². The van der Waals surface area contributed by atoms with Crippen LogP contribution in [0.3, 0.4) is 0 Å². The highest BCUT2D eigenvalue weighted by Crippen LogP contribution is 2.30. The summed E-state index contributed by atoms with van der Waals surface area (Å²) in [5, 5.41) is 3.41. The summed E-state index contributed by atoms with van der Waals surface area (Å²) in [6.45, 7) is 2.44. The van der Waals surface area contributed by atoms with E-state index in [1.165, 1.54) is 60.8 Å². The number of hydrogen-bond donors (Lipinski definition) is 0. The van der Waals surface area contributed by atoms with Crippen molar-refractivity contribution in [1.29, 1.82) is 0 Å². The first-order chi connectivity index (χ1) is 12.2. The molecule has 134 valence electrons. The third kappa shape index (κ3) is 3.47. The third-order valence-corrected chi connectivity index (χ3v) is 7.11. The molecule has 0 bridgehead atoms. The van der Waals surface area contributed by atoms with Crippen LogP contribution in [-0.4, -0.2) is 47.9 Å². The average Bonchev–Trinajstić information content (AvgIpc) is 3.32. The van der Waals surface area contributed by atoms with Crippen molar-refractivity contribution in [3.05, 3.63) is 35.2 Å². The van der Waals surface area contributed by atoms with Crippen LogP contribution in [0.4, 0.5) is 0 Å². The molecule has 1 aromatic heterocycles. The second-order valence-corrected chi connectivity index (χ2v) is 8.51. The number of hydrogen-bond acceptors (Lipinski definition) is 3. The lowest BCUT2D eigenvalue weighted by Crippen LogP contribution is -2.53. The molecule has 25 heavy (non-hydrogen) atoms. The topological polar surface area (TPSA) is 23.6 Å². The van der Waals surface area contributed by atoms with E-state index in [1.807, 2.05) is 7.05 Å². The summed E-state index contributed by atoms with van der Waals surface area (Å²) in [5.74, 6) is 0.277. The van der Waals surface area contributed by atoms with Gasteiger partial charge in [0.05, 0.1) is 6.42 Å². The van der Waals surface area contributed by atoms with Gasteiger partial charge in [-0.15, -0.1) is 11.3 Å². The van der Waals surface area contributed by atoms with Gasteiger partial charge in [-0.2, -0.15) is 0 Å². The third-order valence-electron chi connectivity index (χ3n) is 6.10. The van der Waals surface area contributed by atoms with Crippen LogP contribution < -0.4 is 0 Å². The van der Waals surface area contributed by atoms with Gasteiger partial charge in [0.15, 0.2) is 0 Å². The summed E-state index contributed by atoms with van der Waals surface area (Å²) in [7, 11) is 2.04. The molecule has 2 heterocycles. The van der Waals surface area contributed by atoms with Gasteiger partial charge < -0.3 is 4.90 Å². The molecule has 0 spiro atoms. The number of carbonyl (C=O) groups excluding carboxylic acids is 1. The van der Waals surface area contributed by atoms with Gasteiger partial charge in [-0.25, -0.2) is 0 Å². The fourth-order valence-corrected chi connectivity index (χ4v) is 5.65. The number of amides is 1. The Kier molecular flexibility index (Phi) is 5.09. The van der Waals surface area contributed by atoms with E-state index in [2.05, 4.69) is 39.4 Å². The number of benzene rings is 1. The standard InChI is InChI=1S/C21H28N2OS/c1-22(18-9-3-4-10-19(18)23-12-6-7-13-23)21(24)14-16-15-25-20-11-5-2-8-17(16)20/h2,5,8,11,15,18-19H,3-4,6-7,9-10,12-14H2,1H3/t18-,19-/m1/s1. The molecule has 2 aliphatic rings. The van der Waals surface area contributed by atoms with Crippen LogP contribution in [0.1, 0.15) is 44.1 Å². The molecule has 0 N–H and O–H groups in total. The SMILES string of the molecule is CN(C(=O)Cc1csc2ccccc12)[C@@H]1CCCC[C@H]1N1CCCC1. The Morgan fingerprint density at radius 1 is 1.16 bits per heavy atom. The largest absolute Gasteiger partial charge is 0.341 e. The summed E-state index contributed by atoms with van der Waals surface area (Å²) in [6.07, 6.45) is 8.16. The Morgan fingerprint density at radius 2 is 1.92 bits per heavy atom. The Labute approximate surface area is 154 Å². The summed E-state index contributed by atoms with van der Waals surface area (Å²) in [4.78, 5) is 17.8. The number of likely N-dealkylation sites (tertiary alicyclic amines) is 1. The quantitative estimate of drug-likeness (QED) is 0.815. The van der Waals surface area contributed by atoms with Crippen LogP contribution in [0.5, 0.6) is 0 Å². The highest BCUT2D eigenvalue weighted by atomic mass is 32.1. The van der Waals surface area contributed by atoms with E-state index < -0.39 is 0 Å². The van der Waals surface area contributed by atoms with E-state index in [0.717, 1.165) is 6.42 Å². The van der Waals surface area contributed by atoms with Crippen molar-refractivity contribution in [2.75, 3.05) is 20.1 Å². The first-order valence-electron chi connectivity index (χ1n) is 9.69. The van der Waals surface area contributed by atoms with Crippen LogP contribution in [0.25, 0.3) is 10.1 Å². The maximum absolute atomic E-state index is 13.0. The summed E-state index contributed by atoms with van der Waals surface area (Å²) in [6, 6.07) is 9.38. The molecule has 1 aliphatic heterocycles. The number of nitrogens with zero attached hydrogens (tertiary/aromatic N) is 2. The summed E-state index contributed by atoms with van der Waals surface area (Å²) < 4.78 is 1.28. The molecule has 4 rings (SSSR count). The van der Waals surface area contributed by atoms with Crippen LogP contribution in [0.2, 0.25) is 0 Å². The average molecular weight is 357 g/mol. The molecule has 3 nitrogen and oxygen atoms in total. The predicted molar refractivity (Wildman–Crippen MR) is 105 cm³/mol. The van der Waals surface area contributed by atoms with Gasteiger partial charge in [-0.3, -0.25) is 9.69 Å². The van der Waals surface area contributed by atoms with Crippen molar-refractivity contribution in [1.82, 2.24) is 9.80 Å². The van der Waals surface area contributed by atoms with Gasteiger partial charge in [0.2, 0.25) is 5.91 Å². The fourth-order valence-electron chi connectivity index (χ4n) is 4.68. The van der Waals surface area contributed by atoms with E-state index in [-0.39, 0.29) is 5.91 Å². The van der Waals surface area contributed by atoms with E-state index in [1.54, 1.807) is 11.3 Å². The molecular formula is C21H28N2OS. The van der Waals surface area contributed by atoms with Crippen LogP contribution in [0, 0.1) is 0 Å². The second-order valence-electron chi connectivity index (χ2n) is 7.60. The molecule has 1 amide bonds. The van der Waals surface area contributed by atoms with Gasteiger partial charge >= 0.3 is 0 Å². The maximum atomic E-state index is 13.0. The molecule has 0 radical (unpaired) electrons. The number of thiophene rings is 1. The molecule has 2 atom stereocenters. The van der Waals surface area contributed by atoms with Gasteiger partial charge in [-0.1, -0.05) is 31.0 Å². The summed E-state index contributed by atoms with van der Waals surface area (Å²) in [5.41, 5.74) is 1.19. The molecule has 2 fully saturated rings. The summed E-state index contributed by atoms with van der Waals surface area (Å²) >= 11 is 1.75. The second kappa shape index (κ2) is 7.46. The van der Waals surface area contributed by atoms with Crippen LogP contribution in [0.15, 0.2) is 29.6 Å². The van der Waals surface area contributed by atoms with E-state index in [4.69, 9.17) is 0 Å². The van der Waals surface area contributed by atoms with E-state index in [9.17, 15) is 4.79 Å². The van der Waals surface area contributed by atoms with Crippen molar-refractivity contribution in [2.45, 2.75) is 57.0 Å². The fraction of sp³-hybridized carbons (Fsp3) is 0.571. The van der Waals surface area contributed by atoms with E-state index in [0.29, 0.717) is 18.5 Å². The Balaban J connectivity index is 1.48. The number of carbonyl (C=O) groups is 1. The lowest BCUT2D eigenvalue weighted by atomic mass is 9.88. The lowest BCUT2D eigenvalue weighted by Gasteiger charge is -2.42. The minimum absolute atomic E-state index is 0.277. The van der Waals surface area contributed by atoms with Crippen molar-refractivity contribution in [3.63, 3.8) is 0 Å². The highest BCUT2D eigenvalue weighted by Gasteiger charge is 2.35. The van der Waals surface area contributed by atoms with Crippen molar-refractivity contribution < 1.29 is 4.79 Å². The maximum Gasteiger partial charge on any atom is 0.227 e. The molecule has 2 aromatic rings. The molecule has 1 saturated heterocycles. The molecule has 1 aromatic carbocycles. The smallest absolute Gasteiger partial charge is 0.227 e.